The van der Waals surface area contributed by atoms with Crippen LogP contribution in [0.5, 0.6) is 11.5 Å². The van der Waals surface area contributed by atoms with E-state index < -0.39 is 12.1 Å². The van der Waals surface area contributed by atoms with Crippen molar-refractivity contribution in [3.8, 4) is 11.5 Å². The van der Waals surface area contributed by atoms with Gasteiger partial charge in [-0.2, -0.15) is 8.78 Å². The number of nitrogens with zero attached hydrogens (tertiary/aromatic N) is 1. The van der Waals surface area contributed by atoms with Crippen LogP contribution in [-0.2, 0) is 0 Å². The highest BCUT2D eigenvalue weighted by atomic mass is 32.1. The van der Waals surface area contributed by atoms with Crippen LogP contribution in [0.2, 0.25) is 0 Å². The van der Waals surface area contributed by atoms with E-state index in [4.69, 9.17) is 9.47 Å². The van der Waals surface area contributed by atoms with Gasteiger partial charge in [-0.05, 0) is 12.1 Å². The molecule has 0 saturated heterocycles. The third-order valence-corrected chi connectivity index (χ3v) is 2.48. The molecule has 6 heteroatoms. The lowest BCUT2D eigenvalue weighted by molar-refractivity contribution is 0.120. The lowest BCUT2D eigenvalue weighted by atomic mass is 10.2. The van der Waals surface area contributed by atoms with E-state index in [2.05, 4.69) is 12.6 Å². The Balaban J connectivity index is 2.41. The second-order valence-electron chi connectivity index (χ2n) is 2.96. The Kier molecular flexibility index (Phi) is 2.60. The first-order chi connectivity index (χ1) is 7.13. The van der Waals surface area contributed by atoms with Crippen LogP contribution in [0.4, 0.5) is 14.5 Å². The van der Waals surface area contributed by atoms with E-state index in [-0.39, 0.29) is 0 Å². The second-order valence-corrected chi connectivity index (χ2v) is 3.40. The van der Waals surface area contributed by atoms with Crippen LogP contribution in [0.15, 0.2) is 18.2 Å². The van der Waals surface area contributed by atoms with Crippen LogP contribution in [0.3, 0.4) is 0 Å². The van der Waals surface area contributed by atoms with Crippen molar-refractivity contribution in [2.45, 2.75) is 12.1 Å². The Morgan fingerprint density at radius 3 is 2.87 bits per heavy atom. The molecule has 2 rings (SSSR count). The van der Waals surface area contributed by atoms with Crippen molar-refractivity contribution in [3.63, 3.8) is 0 Å². The molecule has 0 bridgehead atoms. The van der Waals surface area contributed by atoms with Gasteiger partial charge in [0.25, 0.3) is 0 Å². The van der Waals surface area contributed by atoms with Gasteiger partial charge in [0, 0.05) is 6.07 Å². The third-order valence-electron chi connectivity index (χ3n) is 2.12. The van der Waals surface area contributed by atoms with Gasteiger partial charge in [-0.15, -0.1) is 12.6 Å². The quantitative estimate of drug-likeness (QED) is 0.626. The number of alkyl halides is 2. The molecule has 0 saturated carbocycles. The molecule has 1 aliphatic rings. The molecule has 0 fully saturated rings. The fourth-order valence-electron chi connectivity index (χ4n) is 1.42. The van der Waals surface area contributed by atoms with E-state index in [0.717, 1.165) is 4.90 Å². The predicted octanol–water partition coefficient (Wildman–Crippen LogP) is 2.33. The first kappa shape index (κ1) is 10.4. The van der Waals surface area contributed by atoms with Gasteiger partial charge >= 0.3 is 6.55 Å². The molecule has 82 valence electrons. The van der Waals surface area contributed by atoms with Crippen molar-refractivity contribution in [3.05, 3.63) is 18.2 Å². The molecule has 1 aromatic rings. The van der Waals surface area contributed by atoms with Crippen molar-refractivity contribution in [2.24, 2.45) is 0 Å². The summed E-state index contributed by atoms with van der Waals surface area (Å²) in [6.45, 7) is -2.65. The molecule has 0 N–H and O–H groups in total. The van der Waals surface area contributed by atoms with Crippen LogP contribution in [-0.4, -0.2) is 19.2 Å². The summed E-state index contributed by atoms with van der Waals surface area (Å²) in [5.74, 6) is 0.890. The van der Waals surface area contributed by atoms with Gasteiger partial charge in [0.15, 0.2) is 0 Å². The first-order valence-electron chi connectivity index (χ1n) is 4.22. The summed E-state index contributed by atoms with van der Waals surface area (Å²) >= 11 is 3.92. The van der Waals surface area contributed by atoms with E-state index in [1.165, 1.54) is 13.2 Å². The average molecular weight is 233 g/mol. The van der Waals surface area contributed by atoms with Gasteiger partial charge in [0.05, 0.1) is 12.8 Å². The smallest absolute Gasteiger partial charge is 0.318 e. The van der Waals surface area contributed by atoms with Crippen LogP contribution in [0.1, 0.15) is 0 Å². The van der Waals surface area contributed by atoms with Crippen molar-refractivity contribution in [2.75, 3.05) is 12.0 Å². The summed E-state index contributed by atoms with van der Waals surface area (Å²) in [4.78, 5) is 0.779. The Labute approximate surface area is 91.0 Å². The highest BCUT2D eigenvalue weighted by Gasteiger charge is 2.34. The highest BCUT2D eigenvalue weighted by molar-refractivity contribution is 7.80. The van der Waals surface area contributed by atoms with Crippen molar-refractivity contribution in [1.29, 1.82) is 0 Å². The van der Waals surface area contributed by atoms with Gasteiger partial charge < -0.3 is 9.47 Å². The third kappa shape index (κ3) is 1.69. The molecule has 3 nitrogen and oxygen atoms in total. The Hall–Kier alpha value is -1.17. The van der Waals surface area contributed by atoms with Gasteiger partial charge in [-0.3, -0.25) is 4.90 Å². The Morgan fingerprint density at radius 2 is 2.27 bits per heavy atom. The second kappa shape index (κ2) is 3.77. The van der Waals surface area contributed by atoms with E-state index in [1.807, 2.05) is 0 Å². The number of halogens is 2. The van der Waals surface area contributed by atoms with Crippen molar-refractivity contribution in [1.82, 2.24) is 0 Å². The average Bonchev–Trinajstić information content (AvgIpc) is 2.52. The normalized spacial score (nSPS) is 19.0. The van der Waals surface area contributed by atoms with Crippen molar-refractivity contribution < 1.29 is 18.3 Å². The molecule has 1 heterocycles. The van der Waals surface area contributed by atoms with E-state index >= 15 is 0 Å². The molecule has 15 heavy (non-hydrogen) atoms. The number of hydrogen-bond donors (Lipinski definition) is 1. The summed E-state index contributed by atoms with van der Waals surface area (Å²) in [6.07, 6.45) is 0. The summed E-state index contributed by atoms with van der Waals surface area (Å²) in [7, 11) is 1.47. The maximum absolute atomic E-state index is 12.7. The maximum Gasteiger partial charge on any atom is 0.318 e. The molecule has 1 unspecified atom stereocenters. The monoisotopic (exact) mass is 233 g/mol. The minimum atomic E-state index is -2.65. The van der Waals surface area contributed by atoms with Gasteiger partial charge in [0.1, 0.15) is 11.5 Å². The molecule has 0 aromatic heterocycles. The zero-order chi connectivity index (χ0) is 11.0. The zero-order valence-electron chi connectivity index (χ0n) is 7.85. The SMILES string of the molecule is COc1ccc2c(c1)N(C(F)F)C(S)O2. The summed E-state index contributed by atoms with van der Waals surface area (Å²) in [5.41, 5.74) is -0.656. The summed E-state index contributed by atoms with van der Waals surface area (Å²) in [6, 6.07) is 4.73. The van der Waals surface area contributed by atoms with Crippen LogP contribution >= 0.6 is 12.6 Å². The van der Waals surface area contributed by atoms with E-state index in [1.54, 1.807) is 12.1 Å². The lowest BCUT2D eigenvalue weighted by Gasteiger charge is -2.19. The minimum Gasteiger partial charge on any atom is -0.497 e. The molecule has 0 radical (unpaired) electrons. The molecule has 0 amide bonds. The number of ether oxygens (including phenoxy) is 2. The van der Waals surface area contributed by atoms with Gasteiger partial charge in [0.2, 0.25) is 5.56 Å². The van der Waals surface area contributed by atoms with Gasteiger partial charge in [-0.25, -0.2) is 0 Å². The number of fused-ring (bicyclic) bond motifs is 1. The largest absolute Gasteiger partial charge is 0.497 e. The predicted molar refractivity (Wildman–Crippen MR) is 54.9 cm³/mol. The van der Waals surface area contributed by atoms with Crippen LogP contribution in [0.25, 0.3) is 0 Å². The van der Waals surface area contributed by atoms with Crippen LogP contribution < -0.4 is 14.4 Å². The molecule has 0 aliphatic carbocycles. The number of methoxy groups -OCH3 is 1. The fourth-order valence-corrected chi connectivity index (χ4v) is 1.76. The molecular formula is C9H9F2NO2S. The van der Waals surface area contributed by atoms with Gasteiger partial charge in [-0.1, -0.05) is 0 Å². The van der Waals surface area contributed by atoms with Crippen molar-refractivity contribution >= 4 is 18.3 Å². The van der Waals surface area contributed by atoms with E-state index in [0.29, 0.717) is 17.2 Å². The Bertz CT molecular complexity index is 375. The zero-order valence-corrected chi connectivity index (χ0v) is 8.75. The van der Waals surface area contributed by atoms with E-state index in [9.17, 15) is 8.78 Å². The molecule has 1 aliphatic heterocycles. The Morgan fingerprint density at radius 1 is 1.53 bits per heavy atom. The molecule has 0 spiro atoms. The number of anilines is 1. The number of hydrogen-bond acceptors (Lipinski definition) is 4. The highest BCUT2D eigenvalue weighted by Crippen LogP contribution is 2.42. The molecule has 1 aromatic carbocycles. The number of benzene rings is 1. The first-order valence-corrected chi connectivity index (χ1v) is 4.74. The number of thiol groups is 1. The molecular weight excluding hydrogens is 224 g/mol. The standard InChI is InChI=1S/C9H9F2NO2S/c1-13-5-2-3-7-6(4-5)12(8(10)11)9(15)14-7/h2-4,8-9,15H,1H3. The van der Waals surface area contributed by atoms with Crippen LogP contribution in [0, 0.1) is 0 Å². The molecule has 1 atom stereocenters. The maximum atomic E-state index is 12.7. The fraction of sp³-hybridized carbons (Fsp3) is 0.333. The summed E-state index contributed by atoms with van der Waals surface area (Å²) in [5, 5.41) is 0. The summed E-state index contributed by atoms with van der Waals surface area (Å²) < 4.78 is 35.4. The number of rotatable bonds is 2. The topological polar surface area (TPSA) is 21.7 Å². The minimum absolute atomic E-state index is 0.296. The lowest BCUT2D eigenvalue weighted by Crippen LogP contribution is -2.34.